The summed E-state index contributed by atoms with van der Waals surface area (Å²) < 4.78 is 7.87. The van der Waals surface area contributed by atoms with Crippen LogP contribution in [0.25, 0.3) is 0 Å². The average molecular weight is 485 g/mol. The molecule has 0 aliphatic rings. The van der Waals surface area contributed by atoms with E-state index in [4.69, 9.17) is 16.3 Å². The topological polar surface area (TPSA) is 69.0 Å². The van der Waals surface area contributed by atoms with Crippen molar-refractivity contribution in [2.75, 3.05) is 17.7 Å². The molecule has 0 saturated carbocycles. The molecule has 0 fully saturated rings. The van der Waals surface area contributed by atoms with Crippen LogP contribution >= 0.6 is 23.4 Å². The monoisotopic (exact) mass is 484 g/mol. The van der Waals surface area contributed by atoms with Crippen LogP contribution in [0, 0.1) is 20.8 Å². The third-order valence-electron chi connectivity index (χ3n) is 5.17. The number of anilines is 1. The lowest BCUT2D eigenvalue weighted by molar-refractivity contribution is -0.113. The molecule has 0 unspecified atom stereocenters. The van der Waals surface area contributed by atoms with Crippen LogP contribution in [0.4, 0.5) is 5.69 Å². The molecule has 0 atom stereocenters. The maximum Gasteiger partial charge on any atom is 0.234 e. The molecule has 1 N–H and O–H groups in total. The van der Waals surface area contributed by atoms with Crippen molar-refractivity contribution in [3.63, 3.8) is 0 Å². The number of carbonyl (C=O) groups is 1. The lowest BCUT2D eigenvalue weighted by atomic mass is 10.1. The Kier molecular flexibility index (Phi) is 8.97. The zero-order valence-corrected chi connectivity index (χ0v) is 20.8. The predicted octanol–water partition coefficient (Wildman–Crippen LogP) is 5.79. The summed E-state index contributed by atoms with van der Waals surface area (Å²) in [5.41, 5.74) is 4.15. The number of benzene rings is 2. The van der Waals surface area contributed by atoms with Crippen molar-refractivity contribution in [1.29, 1.82) is 0 Å². The minimum Gasteiger partial charge on any atom is -0.493 e. The summed E-state index contributed by atoms with van der Waals surface area (Å²) in [7, 11) is 0. The maximum atomic E-state index is 12.4. The number of carbonyl (C=O) groups excluding carboxylic acids is 1. The van der Waals surface area contributed by atoms with Gasteiger partial charge in [0, 0.05) is 23.7 Å². The normalized spacial score (nSPS) is 10.8. The lowest BCUT2D eigenvalue weighted by Crippen LogP contribution is -2.15. The summed E-state index contributed by atoms with van der Waals surface area (Å²) in [5.74, 6) is 1.85. The van der Waals surface area contributed by atoms with E-state index < -0.39 is 0 Å². The number of thioether (sulfide) groups is 1. The molecule has 33 heavy (non-hydrogen) atoms. The van der Waals surface area contributed by atoms with Crippen LogP contribution in [0.1, 0.15) is 28.9 Å². The molecule has 0 aliphatic carbocycles. The van der Waals surface area contributed by atoms with Crippen molar-refractivity contribution in [2.24, 2.45) is 0 Å². The highest BCUT2D eigenvalue weighted by molar-refractivity contribution is 7.99. The average Bonchev–Trinajstić information content (AvgIpc) is 3.15. The minimum absolute atomic E-state index is 0.0790. The summed E-state index contributed by atoms with van der Waals surface area (Å²) in [4.78, 5) is 12.4. The van der Waals surface area contributed by atoms with Crippen molar-refractivity contribution in [3.05, 3.63) is 76.6 Å². The van der Waals surface area contributed by atoms with Crippen molar-refractivity contribution in [2.45, 2.75) is 45.3 Å². The molecule has 0 radical (unpaired) electrons. The van der Waals surface area contributed by atoms with Gasteiger partial charge in [0.2, 0.25) is 5.91 Å². The van der Waals surface area contributed by atoms with Crippen LogP contribution in [0.2, 0.25) is 5.02 Å². The van der Waals surface area contributed by atoms with E-state index >= 15 is 0 Å². The number of aryl methyl sites for hydroxylation is 4. The summed E-state index contributed by atoms with van der Waals surface area (Å²) in [6.45, 7) is 11.0. The third-order valence-corrected chi connectivity index (χ3v) is 6.37. The van der Waals surface area contributed by atoms with Gasteiger partial charge in [0.15, 0.2) is 5.16 Å². The van der Waals surface area contributed by atoms with Crippen molar-refractivity contribution < 1.29 is 9.53 Å². The highest BCUT2D eigenvalue weighted by atomic mass is 35.5. The van der Waals surface area contributed by atoms with E-state index in [1.807, 2.05) is 61.7 Å². The second-order valence-corrected chi connectivity index (χ2v) is 9.17. The van der Waals surface area contributed by atoms with E-state index in [2.05, 4.69) is 22.1 Å². The lowest BCUT2D eigenvalue weighted by Gasteiger charge is -2.10. The Balaban J connectivity index is 1.53. The Morgan fingerprint density at radius 3 is 2.70 bits per heavy atom. The van der Waals surface area contributed by atoms with E-state index in [-0.39, 0.29) is 11.7 Å². The van der Waals surface area contributed by atoms with E-state index in [0.717, 1.165) is 34.8 Å². The number of amides is 1. The van der Waals surface area contributed by atoms with E-state index in [1.54, 1.807) is 6.08 Å². The highest BCUT2D eigenvalue weighted by Gasteiger charge is 2.14. The van der Waals surface area contributed by atoms with Crippen LogP contribution in [-0.2, 0) is 17.8 Å². The quantitative estimate of drug-likeness (QED) is 0.212. The van der Waals surface area contributed by atoms with Gasteiger partial charge in [0.25, 0.3) is 0 Å². The molecule has 3 aromatic rings. The van der Waals surface area contributed by atoms with Crippen LogP contribution in [0.3, 0.4) is 0 Å². The highest BCUT2D eigenvalue weighted by Crippen LogP contribution is 2.23. The zero-order chi connectivity index (χ0) is 23.8. The van der Waals surface area contributed by atoms with Gasteiger partial charge < -0.3 is 14.6 Å². The first-order valence-corrected chi connectivity index (χ1v) is 12.2. The van der Waals surface area contributed by atoms with Gasteiger partial charge in [-0.1, -0.05) is 35.5 Å². The number of aromatic nitrogens is 3. The van der Waals surface area contributed by atoms with Gasteiger partial charge in [-0.2, -0.15) is 0 Å². The van der Waals surface area contributed by atoms with Crippen LogP contribution in [-0.4, -0.2) is 33.0 Å². The molecular formula is C25H29ClN4O2S. The van der Waals surface area contributed by atoms with Gasteiger partial charge >= 0.3 is 0 Å². The van der Waals surface area contributed by atoms with Crippen molar-refractivity contribution in [1.82, 2.24) is 14.8 Å². The van der Waals surface area contributed by atoms with Crippen LogP contribution in [0.15, 0.2) is 54.2 Å². The van der Waals surface area contributed by atoms with E-state index in [0.29, 0.717) is 29.8 Å². The largest absolute Gasteiger partial charge is 0.493 e. The molecule has 6 nitrogen and oxygen atoms in total. The Hall–Kier alpha value is -2.77. The first-order valence-electron chi connectivity index (χ1n) is 10.8. The molecule has 3 rings (SSSR count). The molecule has 174 valence electrons. The number of ether oxygens (including phenoxy) is 1. The zero-order valence-electron chi connectivity index (χ0n) is 19.2. The second-order valence-electron chi connectivity index (χ2n) is 7.80. The fourth-order valence-electron chi connectivity index (χ4n) is 3.26. The Morgan fingerprint density at radius 1 is 1.15 bits per heavy atom. The third kappa shape index (κ3) is 7.11. The SMILES string of the molecule is C=CCn1c(CCCOc2ccc(Cl)cc2C)nnc1SCC(=O)Nc1ccc(C)c(C)c1. The number of hydrogen-bond donors (Lipinski definition) is 1. The van der Waals surface area contributed by atoms with Crippen LogP contribution in [0.5, 0.6) is 5.75 Å². The summed E-state index contributed by atoms with van der Waals surface area (Å²) in [6.07, 6.45) is 3.30. The fraction of sp³-hybridized carbons (Fsp3) is 0.320. The van der Waals surface area contributed by atoms with Gasteiger partial charge in [0.05, 0.1) is 12.4 Å². The Labute approximate surface area is 204 Å². The molecule has 1 aromatic heterocycles. The number of allylic oxidation sites excluding steroid dienone is 1. The Morgan fingerprint density at radius 2 is 1.97 bits per heavy atom. The summed E-state index contributed by atoms with van der Waals surface area (Å²) in [6, 6.07) is 11.5. The van der Waals surface area contributed by atoms with Crippen molar-refractivity contribution in [3.8, 4) is 5.75 Å². The predicted molar refractivity (Wildman–Crippen MR) is 135 cm³/mol. The molecule has 0 bridgehead atoms. The second kappa shape index (κ2) is 11.9. The van der Waals surface area contributed by atoms with Gasteiger partial charge in [-0.05, 0) is 74.2 Å². The van der Waals surface area contributed by atoms with Gasteiger partial charge in [-0.25, -0.2) is 0 Å². The number of nitrogens with zero attached hydrogens (tertiary/aromatic N) is 3. The number of nitrogens with one attached hydrogen (secondary N) is 1. The summed E-state index contributed by atoms with van der Waals surface area (Å²) >= 11 is 7.36. The number of hydrogen-bond acceptors (Lipinski definition) is 5. The molecule has 8 heteroatoms. The van der Waals surface area contributed by atoms with E-state index in [1.165, 1.54) is 17.3 Å². The maximum absolute atomic E-state index is 12.4. The van der Waals surface area contributed by atoms with Gasteiger partial charge in [-0.15, -0.1) is 16.8 Å². The molecule has 0 saturated heterocycles. The first-order chi connectivity index (χ1) is 15.9. The number of halogens is 1. The van der Waals surface area contributed by atoms with E-state index in [9.17, 15) is 4.79 Å². The van der Waals surface area contributed by atoms with Gasteiger partial charge in [0.1, 0.15) is 11.6 Å². The smallest absolute Gasteiger partial charge is 0.234 e. The molecule has 0 spiro atoms. The molecule has 1 amide bonds. The molecule has 1 heterocycles. The molecule has 0 aliphatic heterocycles. The molecule has 2 aromatic carbocycles. The summed E-state index contributed by atoms with van der Waals surface area (Å²) in [5, 5.41) is 13.0. The van der Waals surface area contributed by atoms with Crippen molar-refractivity contribution >= 4 is 35.0 Å². The Bertz CT molecular complexity index is 1130. The standard InChI is InChI=1S/C25H29ClN4O2S/c1-5-12-30-23(7-6-13-32-22-11-9-20(26)14-19(22)4)28-29-25(30)33-16-24(31)27-21-10-8-17(2)18(3)15-21/h5,8-11,14-15H,1,6-7,12-13,16H2,2-4H3,(H,27,31). The number of rotatable bonds is 11. The first kappa shape index (κ1) is 24.9. The van der Waals surface area contributed by atoms with Gasteiger partial charge in [-0.3, -0.25) is 4.79 Å². The minimum atomic E-state index is -0.0790. The fourth-order valence-corrected chi connectivity index (χ4v) is 4.25. The molecular weight excluding hydrogens is 456 g/mol. The van der Waals surface area contributed by atoms with Crippen LogP contribution < -0.4 is 10.1 Å².